The molecule has 0 aliphatic heterocycles. The van der Waals surface area contributed by atoms with Crippen molar-refractivity contribution in [1.82, 2.24) is 4.98 Å². The lowest BCUT2D eigenvalue weighted by molar-refractivity contribution is 0.102. The minimum atomic E-state index is -0.467. The van der Waals surface area contributed by atoms with Gasteiger partial charge in [-0.2, -0.15) is 0 Å². The number of carbonyl (C=O) groups excluding carboxylic acids is 1. The summed E-state index contributed by atoms with van der Waals surface area (Å²) >= 11 is 0. The zero-order valence-corrected chi connectivity index (χ0v) is 10.9. The van der Waals surface area contributed by atoms with E-state index in [0.717, 1.165) is 6.20 Å². The van der Waals surface area contributed by atoms with Crippen LogP contribution in [0.25, 0.3) is 0 Å². The molecule has 0 atom stereocenters. The van der Waals surface area contributed by atoms with Crippen LogP contribution in [-0.4, -0.2) is 17.5 Å². The van der Waals surface area contributed by atoms with Crippen molar-refractivity contribution in [2.45, 2.75) is 6.92 Å². The fourth-order valence-electron chi connectivity index (χ4n) is 1.64. The molecule has 1 heterocycles. The van der Waals surface area contributed by atoms with Crippen LogP contribution < -0.4 is 15.8 Å². The number of nitrogens with one attached hydrogen (secondary N) is 1. The lowest BCUT2D eigenvalue weighted by atomic mass is 10.1. The van der Waals surface area contributed by atoms with E-state index in [9.17, 15) is 9.18 Å². The van der Waals surface area contributed by atoms with Gasteiger partial charge in [-0.1, -0.05) is 0 Å². The second kappa shape index (κ2) is 6.01. The average molecular weight is 275 g/mol. The first-order valence-corrected chi connectivity index (χ1v) is 6.04. The number of anilines is 2. The van der Waals surface area contributed by atoms with Gasteiger partial charge in [-0.3, -0.25) is 4.79 Å². The maximum absolute atomic E-state index is 12.7. The predicted octanol–water partition coefficient (Wildman–Crippen LogP) is 2.45. The third-order valence-corrected chi connectivity index (χ3v) is 2.47. The first-order valence-electron chi connectivity index (χ1n) is 6.04. The summed E-state index contributed by atoms with van der Waals surface area (Å²) in [5.74, 6) is -0.0792. The summed E-state index contributed by atoms with van der Waals surface area (Å²) in [6.45, 7) is 2.31. The van der Waals surface area contributed by atoms with E-state index >= 15 is 0 Å². The predicted molar refractivity (Wildman–Crippen MR) is 74.2 cm³/mol. The van der Waals surface area contributed by atoms with E-state index in [0.29, 0.717) is 23.6 Å². The molecule has 0 spiro atoms. The number of aromatic nitrogens is 1. The molecule has 5 nitrogen and oxygen atoms in total. The highest BCUT2D eigenvalue weighted by Gasteiger charge is 2.09. The van der Waals surface area contributed by atoms with Crippen molar-refractivity contribution in [2.24, 2.45) is 0 Å². The van der Waals surface area contributed by atoms with Crippen LogP contribution in [0.3, 0.4) is 0 Å². The number of benzene rings is 1. The first kappa shape index (κ1) is 13.8. The van der Waals surface area contributed by atoms with Gasteiger partial charge < -0.3 is 15.8 Å². The molecule has 0 aliphatic rings. The Morgan fingerprint density at radius 1 is 1.40 bits per heavy atom. The number of hydrogen-bond acceptors (Lipinski definition) is 4. The molecule has 0 radical (unpaired) electrons. The summed E-state index contributed by atoms with van der Waals surface area (Å²) in [4.78, 5) is 15.8. The Morgan fingerprint density at radius 2 is 2.20 bits per heavy atom. The monoisotopic (exact) mass is 275 g/mol. The van der Waals surface area contributed by atoms with Gasteiger partial charge in [-0.15, -0.1) is 0 Å². The van der Waals surface area contributed by atoms with Crippen molar-refractivity contribution < 1.29 is 13.9 Å². The van der Waals surface area contributed by atoms with Gasteiger partial charge in [0.25, 0.3) is 5.91 Å². The summed E-state index contributed by atoms with van der Waals surface area (Å²) in [6.07, 6.45) is 1.03. The van der Waals surface area contributed by atoms with E-state index in [1.165, 1.54) is 18.2 Å². The summed E-state index contributed by atoms with van der Waals surface area (Å²) in [5, 5.41) is 2.55. The number of carbonyl (C=O) groups is 1. The first-order chi connectivity index (χ1) is 9.58. The fourth-order valence-corrected chi connectivity index (χ4v) is 1.64. The molecule has 0 bridgehead atoms. The lowest BCUT2D eigenvalue weighted by Gasteiger charge is -2.08. The van der Waals surface area contributed by atoms with Crippen LogP contribution in [0.1, 0.15) is 17.3 Å². The Bertz CT molecular complexity index is 614. The van der Waals surface area contributed by atoms with Gasteiger partial charge >= 0.3 is 0 Å². The van der Waals surface area contributed by atoms with Crippen LogP contribution in [0.4, 0.5) is 15.9 Å². The molecule has 20 heavy (non-hydrogen) atoms. The van der Waals surface area contributed by atoms with E-state index in [2.05, 4.69) is 10.3 Å². The zero-order valence-electron chi connectivity index (χ0n) is 10.9. The molecule has 104 valence electrons. The highest BCUT2D eigenvalue weighted by molar-refractivity contribution is 6.04. The highest BCUT2D eigenvalue weighted by Crippen LogP contribution is 2.19. The van der Waals surface area contributed by atoms with Gasteiger partial charge in [0.05, 0.1) is 12.8 Å². The Balaban J connectivity index is 2.18. The fraction of sp³-hybridized carbons (Fsp3) is 0.143. The summed E-state index contributed by atoms with van der Waals surface area (Å²) < 4.78 is 18.0. The van der Waals surface area contributed by atoms with Crippen molar-refractivity contribution in [3.05, 3.63) is 47.9 Å². The third kappa shape index (κ3) is 3.44. The Kier molecular flexibility index (Phi) is 4.14. The smallest absolute Gasteiger partial charge is 0.257 e. The van der Waals surface area contributed by atoms with Gasteiger partial charge in [0.1, 0.15) is 17.4 Å². The van der Waals surface area contributed by atoms with Crippen molar-refractivity contribution in [3.63, 3.8) is 0 Å². The molecular formula is C14H14FN3O2. The molecule has 1 aromatic carbocycles. The molecule has 0 unspecified atom stereocenters. The number of amides is 1. The molecular weight excluding hydrogens is 261 g/mol. The Labute approximate surface area is 115 Å². The molecule has 6 heteroatoms. The maximum Gasteiger partial charge on any atom is 0.257 e. The van der Waals surface area contributed by atoms with Crippen molar-refractivity contribution in [1.29, 1.82) is 0 Å². The third-order valence-electron chi connectivity index (χ3n) is 2.47. The molecule has 1 aromatic heterocycles. The Hall–Kier alpha value is -2.63. The van der Waals surface area contributed by atoms with E-state index in [-0.39, 0.29) is 5.82 Å². The molecule has 2 rings (SSSR count). The highest BCUT2D eigenvalue weighted by atomic mass is 19.1. The molecule has 2 aromatic rings. The SMILES string of the molecule is CCOc1cc(N)cc(C(=O)Nc2ccc(F)cn2)c1. The second-order valence-corrected chi connectivity index (χ2v) is 4.04. The molecule has 1 amide bonds. The maximum atomic E-state index is 12.7. The van der Waals surface area contributed by atoms with Gasteiger partial charge in [-0.05, 0) is 31.2 Å². The zero-order chi connectivity index (χ0) is 14.5. The standard InChI is InChI=1S/C14H14FN3O2/c1-2-20-12-6-9(5-11(16)7-12)14(19)18-13-4-3-10(15)8-17-13/h3-8H,2,16H2,1H3,(H,17,18,19). The van der Waals surface area contributed by atoms with E-state index in [4.69, 9.17) is 10.5 Å². The molecule has 3 N–H and O–H groups in total. The normalized spacial score (nSPS) is 10.1. The van der Waals surface area contributed by atoms with Crippen LogP contribution in [0, 0.1) is 5.82 Å². The van der Waals surface area contributed by atoms with Crippen molar-refractivity contribution in [3.8, 4) is 5.75 Å². The van der Waals surface area contributed by atoms with Crippen LogP contribution in [-0.2, 0) is 0 Å². The number of nitrogens with two attached hydrogens (primary N) is 1. The van der Waals surface area contributed by atoms with Crippen LogP contribution in [0.15, 0.2) is 36.5 Å². The van der Waals surface area contributed by atoms with Gasteiger partial charge in [0, 0.05) is 17.3 Å². The summed E-state index contributed by atoms with van der Waals surface area (Å²) in [7, 11) is 0. The van der Waals surface area contributed by atoms with Crippen LogP contribution >= 0.6 is 0 Å². The minimum Gasteiger partial charge on any atom is -0.494 e. The molecule has 0 fully saturated rings. The van der Waals surface area contributed by atoms with E-state index < -0.39 is 11.7 Å². The van der Waals surface area contributed by atoms with Gasteiger partial charge in [0.2, 0.25) is 0 Å². The number of ether oxygens (including phenoxy) is 1. The number of rotatable bonds is 4. The summed E-state index contributed by atoms with van der Waals surface area (Å²) in [5.41, 5.74) is 6.49. The van der Waals surface area contributed by atoms with E-state index in [1.54, 1.807) is 12.1 Å². The number of halogens is 1. The minimum absolute atomic E-state index is 0.261. The second-order valence-electron chi connectivity index (χ2n) is 4.04. The summed E-state index contributed by atoms with van der Waals surface area (Å²) in [6, 6.07) is 7.34. The number of nitrogens with zero attached hydrogens (tertiary/aromatic N) is 1. The van der Waals surface area contributed by atoms with E-state index in [1.807, 2.05) is 6.92 Å². The Morgan fingerprint density at radius 3 is 2.85 bits per heavy atom. The van der Waals surface area contributed by atoms with Crippen LogP contribution in [0.5, 0.6) is 5.75 Å². The quantitative estimate of drug-likeness (QED) is 0.840. The van der Waals surface area contributed by atoms with Crippen molar-refractivity contribution >= 4 is 17.4 Å². The van der Waals surface area contributed by atoms with Crippen LogP contribution in [0.2, 0.25) is 0 Å². The number of nitrogen functional groups attached to an aromatic ring is 1. The topological polar surface area (TPSA) is 77.2 Å². The molecule has 0 saturated carbocycles. The number of hydrogen-bond donors (Lipinski definition) is 2. The largest absolute Gasteiger partial charge is 0.494 e. The molecule has 0 aliphatic carbocycles. The number of pyridine rings is 1. The van der Waals surface area contributed by atoms with Gasteiger partial charge in [-0.25, -0.2) is 9.37 Å². The average Bonchev–Trinajstić information content (AvgIpc) is 2.41. The van der Waals surface area contributed by atoms with Gasteiger partial charge in [0.15, 0.2) is 0 Å². The molecule has 0 saturated heterocycles. The lowest BCUT2D eigenvalue weighted by Crippen LogP contribution is -2.13. The van der Waals surface area contributed by atoms with Crippen molar-refractivity contribution in [2.75, 3.05) is 17.7 Å².